The molecule has 17 heavy (non-hydrogen) atoms. The summed E-state index contributed by atoms with van der Waals surface area (Å²) in [5.41, 5.74) is -0.853. The van der Waals surface area contributed by atoms with Crippen LogP contribution in [0.3, 0.4) is 0 Å². The second kappa shape index (κ2) is 6.36. The van der Waals surface area contributed by atoms with Gasteiger partial charge in [-0.1, -0.05) is 19.3 Å². The highest BCUT2D eigenvalue weighted by molar-refractivity contribution is 5.78. The standard InChI is InChI=1S/C13H26N2O2/c1-13(17,10-15(2)3)9-14-12(16)11-7-5-4-6-8-11/h11,17H,4-10H2,1-3H3,(H,14,16). The Balaban J connectivity index is 2.31. The molecule has 4 nitrogen and oxygen atoms in total. The number of likely N-dealkylation sites (N-methyl/N-ethyl adjacent to an activating group) is 1. The highest BCUT2D eigenvalue weighted by Crippen LogP contribution is 2.23. The SMILES string of the molecule is CN(C)CC(C)(O)CNC(=O)C1CCCCC1. The van der Waals surface area contributed by atoms with Crippen molar-refractivity contribution in [3.63, 3.8) is 0 Å². The van der Waals surface area contributed by atoms with Crippen molar-refractivity contribution in [1.29, 1.82) is 0 Å². The van der Waals surface area contributed by atoms with Gasteiger partial charge in [-0.3, -0.25) is 4.79 Å². The molecule has 0 heterocycles. The van der Waals surface area contributed by atoms with Gasteiger partial charge in [0.05, 0.1) is 5.60 Å². The van der Waals surface area contributed by atoms with E-state index in [-0.39, 0.29) is 11.8 Å². The summed E-state index contributed by atoms with van der Waals surface area (Å²) in [5.74, 6) is 0.280. The minimum atomic E-state index is -0.853. The third-order valence-electron chi connectivity index (χ3n) is 3.28. The van der Waals surface area contributed by atoms with Crippen LogP contribution < -0.4 is 5.32 Å². The molecule has 1 fully saturated rings. The molecule has 0 saturated heterocycles. The van der Waals surface area contributed by atoms with Gasteiger partial charge in [0, 0.05) is 19.0 Å². The molecule has 1 amide bonds. The summed E-state index contributed by atoms with van der Waals surface area (Å²) in [6.45, 7) is 2.65. The molecule has 0 aromatic carbocycles. The number of rotatable bonds is 5. The van der Waals surface area contributed by atoms with Gasteiger partial charge >= 0.3 is 0 Å². The van der Waals surface area contributed by atoms with Crippen LogP contribution in [-0.4, -0.2) is 48.7 Å². The third-order valence-corrected chi connectivity index (χ3v) is 3.28. The summed E-state index contributed by atoms with van der Waals surface area (Å²) in [4.78, 5) is 13.8. The fraction of sp³-hybridized carbons (Fsp3) is 0.923. The van der Waals surface area contributed by atoms with Crippen LogP contribution in [0.5, 0.6) is 0 Å². The van der Waals surface area contributed by atoms with Crippen molar-refractivity contribution in [2.75, 3.05) is 27.2 Å². The molecule has 0 spiro atoms. The molecule has 0 radical (unpaired) electrons. The van der Waals surface area contributed by atoms with Crippen LogP contribution in [0.1, 0.15) is 39.0 Å². The molecule has 1 atom stereocenters. The Hall–Kier alpha value is -0.610. The molecule has 1 saturated carbocycles. The zero-order chi connectivity index (χ0) is 12.9. The van der Waals surface area contributed by atoms with E-state index in [1.54, 1.807) is 6.92 Å². The Morgan fingerprint density at radius 2 is 1.94 bits per heavy atom. The molecule has 100 valence electrons. The molecule has 1 aliphatic carbocycles. The average Bonchev–Trinajstić information content (AvgIpc) is 2.25. The van der Waals surface area contributed by atoms with Crippen molar-refractivity contribution in [2.45, 2.75) is 44.6 Å². The molecule has 0 bridgehead atoms. The van der Waals surface area contributed by atoms with Gasteiger partial charge in [0.2, 0.25) is 5.91 Å². The van der Waals surface area contributed by atoms with Gasteiger partial charge in [0.15, 0.2) is 0 Å². The fourth-order valence-corrected chi connectivity index (χ4v) is 2.52. The first-order chi connectivity index (χ1) is 7.91. The second-order valence-electron chi connectivity index (χ2n) is 5.79. The normalized spacial score (nSPS) is 21.2. The Morgan fingerprint density at radius 1 is 1.35 bits per heavy atom. The predicted molar refractivity (Wildman–Crippen MR) is 68.8 cm³/mol. The topological polar surface area (TPSA) is 52.6 Å². The number of aliphatic hydroxyl groups is 1. The Bertz CT molecular complexity index is 246. The number of amides is 1. The third kappa shape index (κ3) is 5.50. The van der Waals surface area contributed by atoms with Crippen LogP contribution in [0, 0.1) is 5.92 Å². The van der Waals surface area contributed by atoms with Crippen LogP contribution in [0.4, 0.5) is 0 Å². The van der Waals surface area contributed by atoms with Crippen molar-refractivity contribution < 1.29 is 9.90 Å². The molecule has 1 aliphatic rings. The predicted octanol–water partition coefficient (Wildman–Crippen LogP) is 0.995. The second-order valence-corrected chi connectivity index (χ2v) is 5.79. The van der Waals surface area contributed by atoms with Crippen molar-refractivity contribution >= 4 is 5.91 Å². The Labute approximate surface area is 104 Å². The number of carbonyl (C=O) groups is 1. The molecule has 0 aliphatic heterocycles. The summed E-state index contributed by atoms with van der Waals surface area (Å²) in [7, 11) is 3.83. The van der Waals surface area contributed by atoms with E-state index in [1.165, 1.54) is 6.42 Å². The van der Waals surface area contributed by atoms with E-state index in [2.05, 4.69) is 5.32 Å². The fourth-order valence-electron chi connectivity index (χ4n) is 2.52. The number of hydrogen-bond acceptors (Lipinski definition) is 3. The summed E-state index contributed by atoms with van der Waals surface area (Å²) >= 11 is 0. The minimum absolute atomic E-state index is 0.115. The number of nitrogens with one attached hydrogen (secondary N) is 1. The molecule has 4 heteroatoms. The van der Waals surface area contributed by atoms with E-state index in [4.69, 9.17) is 0 Å². The van der Waals surface area contributed by atoms with Crippen molar-refractivity contribution in [3.05, 3.63) is 0 Å². The molecule has 1 unspecified atom stereocenters. The molecule has 1 rings (SSSR count). The maximum atomic E-state index is 11.9. The molecule has 0 aromatic heterocycles. The Morgan fingerprint density at radius 3 is 2.47 bits per heavy atom. The first kappa shape index (κ1) is 14.5. The van der Waals surface area contributed by atoms with Crippen LogP contribution in [0.25, 0.3) is 0 Å². The van der Waals surface area contributed by atoms with E-state index < -0.39 is 5.60 Å². The molecule has 2 N–H and O–H groups in total. The van der Waals surface area contributed by atoms with E-state index in [0.29, 0.717) is 13.1 Å². The van der Waals surface area contributed by atoms with Gasteiger partial charge in [-0.2, -0.15) is 0 Å². The number of hydrogen-bond donors (Lipinski definition) is 2. The van der Waals surface area contributed by atoms with Gasteiger partial charge in [0.25, 0.3) is 0 Å². The van der Waals surface area contributed by atoms with Crippen LogP contribution in [0.2, 0.25) is 0 Å². The summed E-state index contributed by atoms with van der Waals surface area (Å²) in [6, 6.07) is 0. The van der Waals surface area contributed by atoms with E-state index in [0.717, 1.165) is 25.7 Å². The average molecular weight is 242 g/mol. The smallest absolute Gasteiger partial charge is 0.223 e. The lowest BCUT2D eigenvalue weighted by Gasteiger charge is -2.28. The van der Waals surface area contributed by atoms with Crippen LogP contribution >= 0.6 is 0 Å². The highest BCUT2D eigenvalue weighted by atomic mass is 16.3. The van der Waals surface area contributed by atoms with Gasteiger partial charge < -0.3 is 15.3 Å². The molecular weight excluding hydrogens is 216 g/mol. The van der Waals surface area contributed by atoms with Gasteiger partial charge in [0.1, 0.15) is 0 Å². The van der Waals surface area contributed by atoms with Gasteiger partial charge in [-0.05, 0) is 33.9 Å². The number of carbonyl (C=O) groups excluding carboxylic acids is 1. The van der Waals surface area contributed by atoms with Crippen molar-refractivity contribution in [3.8, 4) is 0 Å². The van der Waals surface area contributed by atoms with Gasteiger partial charge in [-0.15, -0.1) is 0 Å². The van der Waals surface area contributed by atoms with Crippen molar-refractivity contribution in [2.24, 2.45) is 5.92 Å². The van der Waals surface area contributed by atoms with Crippen molar-refractivity contribution in [1.82, 2.24) is 10.2 Å². The van der Waals surface area contributed by atoms with E-state index >= 15 is 0 Å². The highest BCUT2D eigenvalue weighted by Gasteiger charge is 2.25. The van der Waals surface area contributed by atoms with E-state index in [1.807, 2.05) is 19.0 Å². The lowest BCUT2D eigenvalue weighted by atomic mass is 9.88. The van der Waals surface area contributed by atoms with Gasteiger partial charge in [-0.25, -0.2) is 0 Å². The Kier molecular flexibility index (Phi) is 5.40. The summed E-state index contributed by atoms with van der Waals surface area (Å²) in [6.07, 6.45) is 5.57. The first-order valence-electron chi connectivity index (χ1n) is 6.55. The first-order valence-corrected chi connectivity index (χ1v) is 6.55. The number of nitrogens with zero attached hydrogens (tertiary/aromatic N) is 1. The lowest BCUT2D eigenvalue weighted by molar-refractivity contribution is -0.127. The molecular formula is C13H26N2O2. The quantitative estimate of drug-likeness (QED) is 0.756. The van der Waals surface area contributed by atoms with E-state index in [9.17, 15) is 9.90 Å². The monoisotopic (exact) mass is 242 g/mol. The minimum Gasteiger partial charge on any atom is -0.387 e. The maximum Gasteiger partial charge on any atom is 0.223 e. The maximum absolute atomic E-state index is 11.9. The summed E-state index contributed by atoms with van der Waals surface area (Å²) in [5, 5.41) is 13.0. The largest absolute Gasteiger partial charge is 0.387 e. The molecule has 0 aromatic rings. The van der Waals surface area contributed by atoms with Crippen LogP contribution in [-0.2, 0) is 4.79 Å². The zero-order valence-corrected chi connectivity index (χ0v) is 11.3. The summed E-state index contributed by atoms with van der Waals surface area (Å²) < 4.78 is 0. The zero-order valence-electron chi connectivity index (χ0n) is 11.3. The van der Waals surface area contributed by atoms with Crippen LogP contribution in [0.15, 0.2) is 0 Å². The lowest BCUT2D eigenvalue weighted by Crippen LogP contribution is -2.48.